The molecule has 0 spiro atoms. The molecule has 0 atom stereocenters. The average molecular weight is 891 g/mol. The fraction of sp³-hybridized carbons (Fsp3) is 0.321. The van der Waals surface area contributed by atoms with E-state index in [-0.39, 0.29) is 33.2 Å². The molecule has 2 aromatic carbocycles. The summed E-state index contributed by atoms with van der Waals surface area (Å²) in [5, 5.41) is 2.54. The highest BCUT2D eigenvalue weighted by atomic mass is 32.1. The molecule has 4 aromatic heterocycles. The van der Waals surface area contributed by atoms with Gasteiger partial charge in [0, 0.05) is 72.1 Å². The summed E-state index contributed by atoms with van der Waals surface area (Å²) >= 11 is 7.33. The number of thiophene rings is 4. The van der Waals surface area contributed by atoms with Gasteiger partial charge in [-0.2, -0.15) is 0 Å². The SMILES string of the molecule is Cc1c(C(=C2C=C(C(C)(C)C)C(=O)C(C(C)(C)C)=C2)c2ccc(-c3ccc(C(=C4C=C(C(C)(C)C)C(=O)C(C(C)(C)C)=C4)c4sc5ccccc5c4C)s3)s2)sc2ccccc12. The van der Waals surface area contributed by atoms with Crippen molar-refractivity contribution in [2.75, 3.05) is 0 Å². The summed E-state index contributed by atoms with van der Waals surface area (Å²) in [7, 11) is 0. The van der Waals surface area contributed by atoms with Gasteiger partial charge >= 0.3 is 0 Å². The van der Waals surface area contributed by atoms with Crippen LogP contribution in [-0.4, -0.2) is 11.6 Å². The molecule has 0 fully saturated rings. The molecule has 0 saturated carbocycles. The number of hydrogen-bond donors (Lipinski definition) is 0. The molecule has 0 N–H and O–H groups in total. The minimum absolute atomic E-state index is 0.147. The second-order valence-corrected chi connectivity index (χ2v) is 25.3. The first-order valence-corrected chi connectivity index (χ1v) is 24.8. The van der Waals surface area contributed by atoms with Crippen molar-refractivity contribution in [1.29, 1.82) is 0 Å². The van der Waals surface area contributed by atoms with E-state index in [0.29, 0.717) is 0 Å². The van der Waals surface area contributed by atoms with Crippen LogP contribution in [0.1, 0.15) is 114 Å². The van der Waals surface area contributed by atoms with E-state index in [0.717, 1.165) is 33.4 Å². The summed E-state index contributed by atoms with van der Waals surface area (Å²) in [5.41, 5.74) is 9.20. The third-order valence-corrected chi connectivity index (χ3v) is 17.1. The zero-order valence-corrected chi connectivity index (χ0v) is 42.0. The number of hydrogen-bond acceptors (Lipinski definition) is 6. The van der Waals surface area contributed by atoms with Crippen molar-refractivity contribution >= 4 is 88.2 Å². The van der Waals surface area contributed by atoms with Gasteiger partial charge in [0.2, 0.25) is 0 Å². The summed E-state index contributed by atoms with van der Waals surface area (Å²) in [4.78, 5) is 35.6. The number of rotatable bonds is 5. The molecule has 0 radical (unpaired) electrons. The van der Waals surface area contributed by atoms with Crippen molar-refractivity contribution in [1.82, 2.24) is 0 Å². The highest BCUT2D eigenvalue weighted by Crippen LogP contribution is 2.50. The predicted molar refractivity (Wildman–Crippen MR) is 273 cm³/mol. The molecule has 2 aliphatic rings. The maximum atomic E-state index is 14.2. The van der Waals surface area contributed by atoms with Crippen molar-refractivity contribution in [2.24, 2.45) is 21.7 Å². The molecule has 318 valence electrons. The number of ketones is 2. The van der Waals surface area contributed by atoms with Crippen LogP contribution < -0.4 is 0 Å². The van der Waals surface area contributed by atoms with Crippen molar-refractivity contribution in [2.45, 2.75) is 96.9 Å². The van der Waals surface area contributed by atoms with Gasteiger partial charge in [-0.25, -0.2) is 0 Å². The Labute approximate surface area is 384 Å². The van der Waals surface area contributed by atoms with Gasteiger partial charge in [0.15, 0.2) is 11.6 Å². The Morgan fingerprint density at radius 2 is 0.710 bits per heavy atom. The van der Waals surface area contributed by atoms with Gasteiger partial charge in [-0.15, -0.1) is 45.3 Å². The van der Waals surface area contributed by atoms with Crippen molar-refractivity contribution in [3.8, 4) is 9.75 Å². The Morgan fingerprint density at radius 3 is 1.00 bits per heavy atom. The number of Topliss-reactive ketones (excluding diaryl/α,β-unsaturated/α-hetero) is 2. The maximum absolute atomic E-state index is 14.2. The molecule has 2 nitrogen and oxygen atoms in total. The number of allylic oxidation sites excluding steroid dienone is 10. The van der Waals surface area contributed by atoms with Crippen LogP contribution in [-0.2, 0) is 9.59 Å². The first-order valence-electron chi connectivity index (χ1n) is 21.6. The lowest BCUT2D eigenvalue weighted by molar-refractivity contribution is -0.114. The van der Waals surface area contributed by atoms with Crippen LogP contribution in [0.5, 0.6) is 0 Å². The minimum atomic E-state index is -0.322. The van der Waals surface area contributed by atoms with E-state index in [4.69, 9.17) is 0 Å². The molecule has 2 aliphatic carbocycles. The predicted octanol–water partition coefficient (Wildman–Crippen LogP) is 17.2. The third kappa shape index (κ3) is 8.02. The second-order valence-electron chi connectivity index (χ2n) is 21.0. The summed E-state index contributed by atoms with van der Waals surface area (Å²) in [5.74, 6) is 0.295. The van der Waals surface area contributed by atoms with Crippen LogP contribution in [0.15, 0.2) is 131 Å². The Balaban J connectivity index is 1.35. The fourth-order valence-electron chi connectivity index (χ4n) is 8.58. The topological polar surface area (TPSA) is 34.1 Å². The molecular weight excluding hydrogens is 833 g/mol. The largest absolute Gasteiger partial charge is 0.289 e. The molecule has 4 heterocycles. The number of carbonyl (C=O) groups excluding carboxylic acids is 2. The molecule has 8 rings (SSSR count). The average Bonchev–Trinajstić information content (AvgIpc) is 3.99. The van der Waals surface area contributed by atoms with Crippen molar-refractivity contribution in [3.63, 3.8) is 0 Å². The monoisotopic (exact) mass is 890 g/mol. The van der Waals surface area contributed by atoms with Crippen LogP contribution in [0.3, 0.4) is 0 Å². The number of aryl methyl sites for hydroxylation is 2. The number of benzene rings is 2. The molecule has 62 heavy (non-hydrogen) atoms. The Bertz CT molecular complexity index is 2750. The lowest BCUT2D eigenvalue weighted by atomic mass is 9.71. The van der Waals surface area contributed by atoms with E-state index in [1.165, 1.54) is 71.7 Å². The van der Waals surface area contributed by atoms with E-state index in [2.05, 4.69) is 194 Å². The molecule has 0 saturated heterocycles. The molecule has 6 aromatic rings. The quantitative estimate of drug-likeness (QED) is 0.173. The molecule has 6 heteroatoms. The molecule has 0 amide bonds. The summed E-state index contributed by atoms with van der Waals surface area (Å²) < 4.78 is 2.53. The minimum Gasteiger partial charge on any atom is -0.289 e. The van der Waals surface area contributed by atoms with Gasteiger partial charge in [-0.1, -0.05) is 119 Å². The van der Waals surface area contributed by atoms with Crippen molar-refractivity contribution < 1.29 is 9.59 Å². The first-order chi connectivity index (χ1) is 28.9. The van der Waals surface area contributed by atoms with E-state index in [1.807, 2.05) is 45.3 Å². The first kappa shape index (κ1) is 44.2. The number of carbonyl (C=O) groups is 2. The van der Waals surface area contributed by atoms with Crippen LogP contribution in [0, 0.1) is 35.5 Å². The zero-order chi connectivity index (χ0) is 44.8. The van der Waals surface area contributed by atoms with Crippen LogP contribution >= 0.6 is 45.3 Å². The lowest BCUT2D eigenvalue weighted by Gasteiger charge is -2.32. The zero-order valence-electron chi connectivity index (χ0n) is 38.7. The number of fused-ring (bicyclic) bond motifs is 2. The molecule has 0 bridgehead atoms. The van der Waals surface area contributed by atoms with Gasteiger partial charge in [-0.05, 0) is 129 Å². The Morgan fingerprint density at radius 1 is 0.403 bits per heavy atom. The van der Waals surface area contributed by atoms with Crippen LogP contribution in [0.25, 0.3) is 41.1 Å². The van der Waals surface area contributed by atoms with Gasteiger partial charge < -0.3 is 0 Å². The van der Waals surface area contributed by atoms with E-state index in [9.17, 15) is 9.59 Å². The fourth-order valence-corrected chi connectivity index (χ4v) is 13.5. The molecule has 0 unspecified atom stereocenters. The maximum Gasteiger partial charge on any atom is 0.186 e. The van der Waals surface area contributed by atoms with Crippen LogP contribution in [0.4, 0.5) is 0 Å². The Kier molecular flexibility index (Phi) is 11.2. The highest BCUT2D eigenvalue weighted by Gasteiger charge is 2.37. The third-order valence-electron chi connectivity index (χ3n) is 12.1. The Hall–Kier alpha value is -4.46. The van der Waals surface area contributed by atoms with E-state index in [1.54, 1.807) is 0 Å². The normalized spacial score (nSPS) is 15.6. The summed E-state index contributed by atoms with van der Waals surface area (Å²) in [6.45, 7) is 30.3. The smallest absolute Gasteiger partial charge is 0.186 e. The standard InChI is InChI=1S/C56H58O2S4/c1-31-35-19-15-17-21-41(35)61-51(31)47(33-27-37(53(3,4)5)49(57)38(28-33)54(6,7)8)45-25-23-43(59-45)44-24-26-46(60-44)48(52-32(2)36-20-16-18-22-42(36)62-52)34-29-39(55(9,10)11)50(58)40(30-34)56(12,13)14/h15-30H,1-14H3. The second kappa shape index (κ2) is 15.7. The molecule has 0 aliphatic heterocycles. The highest BCUT2D eigenvalue weighted by molar-refractivity contribution is 7.25. The van der Waals surface area contributed by atoms with E-state index < -0.39 is 0 Å². The van der Waals surface area contributed by atoms with Gasteiger partial charge in [0.25, 0.3) is 0 Å². The molecular formula is C56H58O2S4. The summed E-state index contributed by atoms with van der Waals surface area (Å²) in [6, 6.07) is 26.5. The van der Waals surface area contributed by atoms with Gasteiger partial charge in [0.05, 0.1) is 0 Å². The van der Waals surface area contributed by atoms with Crippen molar-refractivity contribution in [3.05, 3.63) is 161 Å². The summed E-state index contributed by atoms with van der Waals surface area (Å²) in [6.07, 6.45) is 8.72. The van der Waals surface area contributed by atoms with Gasteiger partial charge in [-0.3, -0.25) is 9.59 Å². The van der Waals surface area contributed by atoms with E-state index >= 15 is 0 Å². The van der Waals surface area contributed by atoms with Gasteiger partial charge in [0.1, 0.15) is 0 Å². The lowest BCUT2D eigenvalue weighted by Crippen LogP contribution is -2.28. The van der Waals surface area contributed by atoms with Crippen LogP contribution in [0.2, 0.25) is 0 Å².